The molecule has 144 valence electrons. The van der Waals surface area contributed by atoms with Gasteiger partial charge in [0, 0.05) is 11.1 Å². The van der Waals surface area contributed by atoms with Gasteiger partial charge in [0.1, 0.15) is 0 Å². The Morgan fingerprint density at radius 1 is 0.714 bits per heavy atom. The predicted molar refractivity (Wildman–Crippen MR) is 110 cm³/mol. The monoisotopic (exact) mass is 376 g/mol. The molecule has 2 aromatic carbocycles. The van der Waals surface area contributed by atoms with Crippen LogP contribution < -0.4 is 0 Å². The molecule has 0 amide bonds. The van der Waals surface area contributed by atoms with Crippen molar-refractivity contribution in [2.45, 2.75) is 39.5 Å². The maximum Gasteiger partial charge on any atom is 0.331 e. The van der Waals surface area contributed by atoms with Crippen LogP contribution >= 0.6 is 0 Å². The Labute approximate surface area is 164 Å². The minimum absolute atomic E-state index is 0.324. The van der Waals surface area contributed by atoms with Gasteiger partial charge in [-0.15, -0.1) is 0 Å². The second-order valence-corrected chi connectivity index (χ2v) is 7.33. The van der Waals surface area contributed by atoms with Gasteiger partial charge in [-0.3, -0.25) is 0 Å². The summed E-state index contributed by atoms with van der Waals surface area (Å²) in [6, 6.07) is 12.6. The molecule has 6 rings (SSSR count). The first-order valence-electron chi connectivity index (χ1n) is 9.40. The molecule has 0 spiro atoms. The highest BCUT2D eigenvalue weighted by atomic mass is 16.4. The van der Waals surface area contributed by atoms with Crippen molar-refractivity contribution in [1.82, 2.24) is 0 Å². The van der Waals surface area contributed by atoms with E-state index in [1.54, 1.807) is 26.0 Å². The zero-order valence-corrected chi connectivity index (χ0v) is 16.2. The molecule has 0 radical (unpaired) electrons. The van der Waals surface area contributed by atoms with Crippen LogP contribution in [-0.2, 0) is 35.3 Å². The van der Waals surface area contributed by atoms with E-state index >= 15 is 0 Å². The van der Waals surface area contributed by atoms with Gasteiger partial charge in [-0.1, -0.05) is 36.4 Å². The van der Waals surface area contributed by atoms with E-state index < -0.39 is 11.9 Å². The topological polar surface area (TPSA) is 74.6 Å². The van der Waals surface area contributed by atoms with Crippen molar-refractivity contribution in [2.24, 2.45) is 0 Å². The molecule has 4 aliphatic carbocycles. The Morgan fingerprint density at radius 3 is 1.46 bits per heavy atom. The van der Waals surface area contributed by atoms with Crippen molar-refractivity contribution in [3.05, 3.63) is 80.9 Å². The summed E-state index contributed by atoms with van der Waals surface area (Å²) >= 11 is 0. The normalized spacial score (nSPS) is 14.5. The van der Waals surface area contributed by atoms with Crippen molar-refractivity contribution >= 4 is 24.1 Å². The van der Waals surface area contributed by atoms with E-state index in [1.807, 2.05) is 0 Å². The van der Waals surface area contributed by atoms with E-state index in [0.717, 1.165) is 59.1 Å². The third kappa shape index (κ3) is 4.58. The van der Waals surface area contributed by atoms with Gasteiger partial charge < -0.3 is 10.2 Å². The lowest BCUT2D eigenvalue weighted by Crippen LogP contribution is -2.04. The van der Waals surface area contributed by atoms with Crippen molar-refractivity contribution in [3.8, 4) is 0 Å². The maximum absolute atomic E-state index is 11.2. The smallest absolute Gasteiger partial charge is 0.331 e. The van der Waals surface area contributed by atoms with Gasteiger partial charge in [0.05, 0.1) is 0 Å². The van der Waals surface area contributed by atoms with E-state index in [0.29, 0.717) is 11.1 Å². The van der Waals surface area contributed by atoms with Gasteiger partial charge in [-0.05, 0) is 85.1 Å². The van der Waals surface area contributed by atoms with Gasteiger partial charge in [0.2, 0.25) is 0 Å². The molecule has 2 N–H and O–H groups in total. The zero-order chi connectivity index (χ0) is 20.3. The first-order valence-corrected chi connectivity index (χ1v) is 9.40. The van der Waals surface area contributed by atoms with Gasteiger partial charge >= 0.3 is 11.9 Å². The predicted octanol–water partition coefficient (Wildman–Crippen LogP) is 4.55. The molecule has 2 aromatic rings. The number of aliphatic carboxylic acids is 2. The molecule has 4 bridgehead atoms. The SMILES string of the molecule is C/C(=C\c1cc2ccc1CCc1ccc(c(/C=C(\C)C(=O)O)c1)CC2)C(=O)O. The standard InChI is InChI=1S/C24H24O4/c1-15(23(25)26)11-21-13-17-3-7-19(21)9-5-18-4-8-20(10-6-17)22(14-18)12-16(2)24(27)28/h3-4,7-8,11-14H,5-6,9-10H2,1-2H3,(H,25,26)(H,27,28)/b15-11+,16-12+. The molecule has 0 saturated carbocycles. The Balaban J connectivity index is 2.01. The fourth-order valence-corrected chi connectivity index (χ4v) is 3.47. The Hall–Kier alpha value is -3.14. The summed E-state index contributed by atoms with van der Waals surface area (Å²) in [7, 11) is 0. The highest BCUT2D eigenvalue weighted by Gasteiger charge is 2.11. The van der Waals surface area contributed by atoms with Crippen LogP contribution in [0.3, 0.4) is 0 Å². The zero-order valence-electron chi connectivity index (χ0n) is 16.2. The summed E-state index contributed by atoms with van der Waals surface area (Å²) in [6.07, 6.45) is 6.69. The summed E-state index contributed by atoms with van der Waals surface area (Å²) in [4.78, 5) is 22.5. The number of carbonyl (C=O) groups is 2. The summed E-state index contributed by atoms with van der Waals surface area (Å²) in [5.41, 5.74) is 7.10. The lowest BCUT2D eigenvalue weighted by atomic mass is 9.90. The van der Waals surface area contributed by atoms with Crippen LogP contribution in [0, 0.1) is 0 Å². The molecular weight excluding hydrogens is 352 g/mol. The molecule has 0 fully saturated rings. The van der Waals surface area contributed by atoms with Crippen molar-refractivity contribution in [2.75, 3.05) is 0 Å². The second kappa shape index (κ2) is 8.26. The third-order valence-corrected chi connectivity index (χ3v) is 5.21. The van der Waals surface area contributed by atoms with E-state index in [-0.39, 0.29) is 0 Å². The molecule has 0 aliphatic heterocycles. The molecule has 0 unspecified atom stereocenters. The largest absolute Gasteiger partial charge is 0.478 e. The van der Waals surface area contributed by atoms with Crippen LogP contribution in [-0.4, -0.2) is 22.2 Å². The van der Waals surface area contributed by atoms with E-state index in [9.17, 15) is 19.8 Å². The highest BCUT2D eigenvalue weighted by molar-refractivity contribution is 5.92. The molecule has 0 heterocycles. The molecule has 0 aromatic heterocycles. The minimum Gasteiger partial charge on any atom is -0.478 e. The summed E-state index contributed by atoms with van der Waals surface area (Å²) < 4.78 is 0. The first kappa shape index (κ1) is 19.6. The maximum atomic E-state index is 11.2. The van der Waals surface area contributed by atoms with E-state index in [1.165, 1.54) is 0 Å². The van der Waals surface area contributed by atoms with Gasteiger partial charge in [-0.25, -0.2) is 9.59 Å². The molecule has 4 nitrogen and oxygen atoms in total. The average molecular weight is 376 g/mol. The second-order valence-electron chi connectivity index (χ2n) is 7.33. The number of carboxylic acids is 2. The van der Waals surface area contributed by atoms with Crippen LogP contribution in [0.25, 0.3) is 12.2 Å². The fourth-order valence-electron chi connectivity index (χ4n) is 3.47. The molecule has 28 heavy (non-hydrogen) atoms. The lowest BCUT2D eigenvalue weighted by molar-refractivity contribution is -0.133. The van der Waals surface area contributed by atoms with Gasteiger partial charge in [-0.2, -0.15) is 0 Å². The molecule has 4 aliphatic rings. The lowest BCUT2D eigenvalue weighted by Gasteiger charge is -2.15. The number of benzene rings is 2. The summed E-state index contributed by atoms with van der Waals surface area (Å²) in [5, 5.41) is 18.4. The number of carboxylic acid groups (broad SMARTS) is 2. The van der Waals surface area contributed by atoms with Crippen LogP contribution in [0.15, 0.2) is 47.5 Å². The Morgan fingerprint density at radius 2 is 1.11 bits per heavy atom. The minimum atomic E-state index is -0.905. The summed E-state index contributed by atoms with van der Waals surface area (Å²) in [5.74, 6) is -1.81. The number of rotatable bonds is 4. The van der Waals surface area contributed by atoms with Crippen LogP contribution in [0.2, 0.25) is 0 Å². The Bertz CT molecular complexity index is 914. The number of hydrogen-bond acceptors (Lipinski definition) is 2. The Kier molecular flexibility index (Phi) is 5.78. The van der Waals surface area contributed by atoms with Gasteiger partial charge in [0.25, 0.3) is 0 Å². The summed E-state index contributed by atoms with van der Waals surface area (Å²) in [6.45, 7) is 3.23. The molecule has 4 heteroatoms. The van der Waals surface area contributed by atoms with E-state index in [2.05, 4.69) is 36.4 Å². The first-order chi connectivity index (χ1) is 13.3. The van der Waals surface area contributed by atoms with Crippen molar-refractivity contribution in [1.29, 1.82) is 0 Å². The molecule has 0 atom stereocenters. The van der Waals surface area contributed by atoms with E-state index in [4.69, 9.17) is 0 Å². The number of hydrogen-bond donors (Lipinski definition) is 2. The average Bonchev–Trinajstić information content (AvgIpc) is 2.64. The molecule has 0 saturated heterocycles. The van der Waals surface area contributed by atoms with Crippen molar-refractivity contribution in [3.63, 3.8) is 0 Å². The molecular formula is C24H24O4. The fraction of sp³-hybridized carbons (Fsp3) is 0.250. The van der Waals surface area contributed by atoms with Crippen LogP contribution in [0.4, 0.5) is 0 Å². The quantitative estimate of drug-likeness (QED) is 0.768. The third-order valence-electron chi connectivity index (χ3n) is 5.21. The van der Waals surface area contributed by atoms with Gasteiger partial charge in [0.15, 0.2) is 0 Å². The highest BCUT2D eigenvalue weighted by Crippen LogP contribution is 2.24. The van der Waals surface area contributed by atoms with Crippen LogP contribution in [0.5, 0.6) is 0 Å². The van der Waals surface area contributed by atoms with Crippen molar-refractivity contribution < 1.29 is 19.8 Å². The van der Waals surface area contributed by atoms with Crippen LogP contribution in [0.1, 0.15) is 47.2 Å². The number of aryl methyl sites for hydroxylation is 4.